The second kappa shape index (κ2) is 8.10. The summed E-state index contributed by atoms with van der Waals surface area (Å²) >= 11 is 0. The molecule has 1 saturated heterocycles. The quantitative estimate of drug-likeness (QED) is 0.673. The molecule has 1 unspecified atom stereocenters. The number of nitrogens with one attached hydrogen (secondary N) is 1. The van der Waals surface area contributed by atoms with E-state index < -0.39 is 24.2 Å². The minimum Gasteiger partial charge on any atom is -0.484 e. The zero-order valence-corrected chi connectivity index (χ0v) is 17.2. The number of ether oxygens (including phenoxy) is 2. The highest BCUT2D eigenvalue weighted by Gasteiger charge is 2.40. The Balaban J connectivity index is 1.56. The van der Waals surface area contributed by atoms with Crippen molar-refractivity contribution in [2.75, 3.05) is 19.8 Å². The van der Waals surface area contributed by atoms with E-state index in [9.17, 15) is 18.0 Å². The van der Waals surface area contributed by atoms with Crippen LogP contribution in [0.1, 0.15) is 59.9 Å². The molecule has 1 amide bonds. The maximum absolute atomic E-state index is 13.0. The first-order chi connectivity index (χ1) is 14.6. The van der Waals surface area contributed by atoms with E-state index >= 15 is 0 Å². The first-order valence-electron chi connectivity index (χ1n) is 10.0. The molecule has 8 nitrogen and oxygen atoms in total. The number of carbonyl (C=O) groups is 1. The molecule has 0 radical (unpaired) electrons. The van der Waals surface area contributed by atoms with Gasteiger partial charge in [-0.1, -0.05) is 0 Å². The first-order valence-corrected chi connectivity index (χ1v) is 10.0. The van der Waals surface area contributed by atoms with Gasteiger partial charge >= 0.3 is 6.18 Å². The number of rotatable bonds is 8. The van der Waals surface area contributed by atoms with Crippen LogP contribution in [0.25, 0.3) is 0 Å². The standard InChI is InChI=1S/C20H23F3N4O4/c1-11-26-27-18(31-11)19(2,6-12-8-29-9-12)25-17(28)15-5-16(30-10-20(21,22)23)14(7-24-15)13-3-4-13/h5,7,12-13H,3-4,6,8-10H2,1-2H3,(H,25,28). The summed E-state index contributed by atoms with van der Waals surface area (Å²) < 4.78 is 53.8. The Morgan fingerprint density at radius 3 is 2.58 bits per heavy atom. The molecule has 1 atom stereocenters. The number of aryl methyl sites for hydroxylation is 1. The number of halogens is 3. The average molecular weight is 440 g/mol. The fraction of sp³-hybridized carbons (Fsp3) is 0.600. The van der Waals surface area contributed by atoms with E-state index in [1.165, 1.54) is 12.3 Å². The van der Waals surface area contributed by atoms with Gasteiger partial charge in [0.1, 0.15) is 17.0 Å². The van der Waals surface area contributed by atoms with Gasteiger partial charge in [0, 0.05) is 30.7 Å². The molecule has 2 aliphatic rings. The fourth-order valence-corrected chi connectivity index (χ4v) is 3.56. The Kier molecular flexibility index (Phi) is 5.63. The van der Waals surface area contributed by atoms with Crippen LogP contribution in [0, 0.1) is 12.8 Å². The third kappa shape index (κ3) is 5.15. The van der Waals surface area contributed by atoms with Crippen molar-refractivity contribution in [3.63, 3.8) is 0 Å². The molecule has 0 aromatic carbocycles. The van der Waals surface area contributed by atoms with Crippen molar-refractivity contribution in [3.8, 4) is 5.75 Å². The number of hydrogen-bond donors (Lipinski definition) is 1. The monoisotopic (exact) mass is 440 g/mol. The first kappa shape index (κ1) is 21.5. The van der Waals surface area contributed by atoms with Crippen molar-refractivity contribution in [2.45, 2.75) is 50.7 Å². The van der Waals surface area contributed by atoms with Crippen LogP contribution in [0.15, 0.2) is 16.7 Å². The third-order valence-electron chi connectivity index (χ3n) is 5.33. The SMILES string of the molecule is Cc1nnc(C(C)(CC2COC2)NC(=O)c2cc(OCC(F)(F)F)c(C3CC3)cn2)o1. The summed E-state index contributed by atoms with van der Waals surface area (Å²) in [5, 5.41) is 10.8. The van der Waals surface area contributed by atoms with Gasteiger partial charge in [0.2, 0.25) is 11.8 Å². The van der Waals surface area contributed by atoms with Crippen molar-refractivity contribution >= 4 is 5.91 Å². The van der Waals surface area contributed by atoms with E-state index in [-0.39, 0.29) is 29.2 Å². The molecule has 11 heteroatoms. The van der Waals surface area contributed by atoms with Crippen LogP contribution in [0.4, 0.5) is 13.2 Å². The Bertz CT molecular complexity index is 956. The molecule has 0 bridgehead atoms. The summed E-state index contributed by atoms with van der Waals surface area (Å²) in [5.41, 5.74) is -0.451. The number of hydrogen-bond acceptors (Lipinski definition) is 7. The van der Waals surface area contributed by atoms with Gasteiger partial charge in [-0.05, 0) is 32.1 Å². The van der Waals surface area contributed by atoms with Crippen LogP contribution in [-0.2, 0) is 10.3 Å². The summed E-state index contributed by atoms with van der Waals surface area (Å²) in [4.78, 5) is 17.2. The van der Waals surface area contributed by atoms with E-state index in [2.05, 4.69) is 20.5 Å². The van der Waals surface area contributed by atoms with Gasteiger partial charge < -0.3 is 19.2 Å². The van der Waals surface area contributed by atoms with Crippen LogP contribution in [0.2, 0.25) is 0 Å². The van der Waals surface area contributed by atoms with Gasteiger partial charge in [0.25, 0.3) is 5.91 Å². The average Bonchev–Trinajstić information content (AvgIpc) is 3.42. The molecule has 1 N–H and O–H groups in total. The topological polar surface area (TPSA) is 99.4 Å². The minimum absolute atomic E-state index is 0.0303. The summed E-state index contributed by atoms with van der Waals surface area (Å²) in [7, 11) is 0. The molecule has 0 spiro atoms. The Labute approximate surface area is 176 Å². The number of nitrogens with zero attached hydrogens (tertiary/aromatic N) is 3. The van der Waals surface area contributed by atoms with Gasteiger partial charge in [-0.2, -0.15) is 13.2 Å². The summed E-state index contributed by atoms with van der Waals surface area (Å²) in [6, 6.07) is 1.26. The van der Waals surface area contributed by atoms with E-state index in [4.69, 9.17) is 13.9 Å². The number of alkyl halides is 3. The third-order valence-corrected chi connectivity index (χ3v) is 5.33. The lowest BCUT2D eigenvalue weighted by Gasteiger charge is -2.35. The maximum Gasteiger partial charge on any atom is 0.422 e. The van der Waals surface area contributed by atoms with E-state index in [0.29, 0.717) is 31.1 Å². The smallest absolute Gasteiger partial charge is 0.422 e. The van der Waals surface area contributed by atoms with Gasteiger partial charge in [-0.25, -0.2) is 0 Å². The Morgan fingerprint density at radius 1 is 1.29 bits per heavy atom. The molecular formula is C20H23F3N4O4. The van der Waals surface area contributed by atoms with Gasteiger partial charge in [-0.15, -0.1) is 10.2 Å². The normalized spacial score (nSPS) is 18.9. The number of carbonyl (C=O) groups excluding carboxylic acids is 1. The van der Waals surface area contributed by atoms with Crippen LogP contribution in [-0.4, -0.2) is 47.1 Å². The summed E-state index contributed by atoms with van der Waals surface area (Å²) in [6.07, 6.45) is -0.850. The minimum atomic E-state index is -4.48. The second-order valence-electron chi connectivity index (χ2n) is 8.31. The lowest BCUT2D eigenvalue weighted by atomic mass is 9.87. The molecule has 1 aliphatic carbocycles. The second-order valence-corrected chi connectivity index (χ2v) is 8.31. The molecule has 2 fully saturated rings. The lowest BCUT2D eigenvalue weighted by molar-refractivity contribution is -0.153. The predicted octanol–water partition coefficient (Wildman–Crippen LogP) is 3.27. The molecule has 2 aromatic heterocycles. The lowest BCUT2D eigenvalue weighted by Crippen LogP contribution is -2.48. The molecule has 1 saturated carbocycles. The molecule has 1 aliphatic heterocycles. The van der Waals surface area contributed by atoms with Gasteiger partial charge in [0.05, 0.1) is 13.2 Å². The number of aromatic nitrogens is 3. The number of pyridine rings is 1. The molecule has 4 rings (SSSR count). The zero-order valence-electron chi connectivity index (χ0n) is 17.2. The zero-order chi connectivity index (χ0) is 22.2. The van der Waals surface area contributed by atoms with Crippen LogP contribution >= 0.6 is 0 Å². The maximum atomic E-state index is 13.0. The Hall–Kier alpha value is -2.69. The predicted molar refractivity (Wildman–Crippen MR) is 101 cm³/mol. The highest BCUT2D eigenvalue weighted by Crippen LogP contribution is 2.44. The molecular weight excluding hydrogens is 417 g/mol. The highest BCUT2D eigenvalue weighted by molar-refractivity contribution is 5.93. The molecule has 3 heterocycles. The number of amides is 1. The van der Waals surface area contributed by atoms with E-state index in [0.717, 1.165) is 12.8 Å². The Morgan fingerprint density at radius 2 is 2.03 bits per heavy atom. The van der Waals surface area contributed by atoms with Crippen molar-refractivity contribution in [3.05, 3.63) is 35.3 Å². The van der Waals surface area contributed by atoms with Crippen molar-refractivity contribution in [1.82, 2.24) is 20.5 Å². The van der Waals surface area contributed by atoms with Crippen molar-refractivity contribution in [2.24, 2.45) is 5.92 Å². The van der Waals surface area contributed by atoms with Crippen molar-refractivity contribution in [1.29, 1.82) is 0 Å². The van der Waals surface area contributed by atoms with Crippen LogP contribution in [0.3, 0.4) is 0 Å². The molecule has 31 heavy (non-hydrogen) atoms. The van der Waals surface area contributed by atoms with Crippen molar-refractivity contribution < 1.29 is 31.9 Å². The largest absolute Gasteiger partial charge is 0.484 e. The van der Waals surface area contributed by atoms with Gasteiger partial charge in [0.15, 0.2) is 6.61 Å². The molecule has 2 aromatic rings. The van der Waals surface area contributed by atoms with E-state index in [1.54, 1.807) is 13.8 Å². The van der Waals surface area contributed by atoms with Gasteiger partial charge in [-0.3, -0.25) is 9.78 Å². The summed E-state index contributed by atoms with van der Waals surface area (Å²) in [5.74, 6) is 0.371. The van der Waals surface area contributed by atoms with Crippen LogP contribution in [0.5, 0.6) is 5.75 Å². The summed E-state index contributed by atoms with van der Waals surface area (Å²) in [6.45, 7) is 3.09. The van der Waals surface area contributed by atoms with Crippen LogP contribution < -0.4 is 10.1 Å². The van der Waals surface area contributed by atoms with E-state index in [1.807, 2.05) is 0 Å². The molecule has 168 valence electrons. The fourth-order valence-electron chi connectivity index (χ4n) is 3.56. The highest BCUT2D eigenvalue weighted by atomic mass is 19.4.